The molecular weight excluding hydrogens is 278 g/mol. The summed E-state index contributed by atoms with van der Waals surface area (Å²) in [5.41, 5.74) is 1.82. The molecule has 0 aliphatic heterocycles. The van der Waals surface area contributed by atoms with Gasteiger partial charge in [0.25, 0.3) is 0 Å². The van der Waals surface area contributed by atoms with Gasteiger partial charge in [0.05, 0.1) is 17.6 Å². The average Bonchev–Trinajstić information content (AvgIpc) is 2.85. The van der Waals surface area contributed by atoms with Gasteiger partial charge in [-0.1, -0.05) is 26.0 Å². The largest absolute Gasteiger partial charge is 0.396 e. The molecule has 2 aromatic rings. The minimum absolute atomic E-state index is 0.0329. The van der Waals surface area contributed by atoms with Crippen LogP contribution in [0.25, 0.3) is 11.0 Å². The Morgan fingerprint density at radius 1 is 1.23 bits per heavy atom. The van der Waals surface area contributed by atoms with Crippen molar-refractivity contribution in [2.75, 3.05) is 19.7 Å². The minimum Gasteiger partial charge on any atom is -0.396 e. The number of rotatable bonds is 8. The lowest BCUT2D eigenvalue weighted by molar-refractivity contribution is -0.131. The molecule has 0 saturated carbocycles. The van der Waals surface area contributed by atoms with Crippen LogP contribution in [0.3, 0.4) is 0 Å². The second-order valence-electron chi connectivity index (χ2n) is 5.46. The summed E-state index contributed by atoms with van der Waals surface area (Å²) < 4.78 is 1.94. The van der Waals surface area contributed by atoms with Crippen molar-refractivity contribution in [1.29, 1.82) is 0 Å². The van der Waals surface area contributed by atoms with Gasteiger partial charge in [0.15, 0.2) is 0 Å². The fourth-order valence-electron chi connectivity index (χ4n) is 2.73. The van der Waals surface area contributed by atoms with Crippen molar-refractivity contribution in [2.24, 2.45) is 0 Å². The summed E-state index contributed by atoms with van der Waals surface area (Å²) in [4.78, 5) is 19.1. The normalized spacial score (nSPS) is 11.0. The first kappa shape index (κ1) is 16.5. The zero-order chi connectivity index (χ0) is 15.9. The molecule has 0 bridgehead atoms. The molecule has 5 heteroatoms. The third-order valence-corrected chi connectivity index (χ3v) is 3.70. The van der Waals surface area contributed by atoms with Crippen LogP contribution in [0.5, 0.6) is 0 Å². The first-order chi connectivity index (χ1) is 10.7. The molecule has 0 radical (unpaired) electrons. The predicted octanol–water partition coefficient (Wildman–Crippen LogP) is 2.22. The lowest BCUT2D eigenvalue weighted by Crippen LogP contribution is -2.35. The number of fused-ring (bicyclic) bond motifs is 1. The summed E-state index contributed by atoms with van der Waals surface area (Å²) in [7, 11) is 0. The number of benzene rings is 1. The summed E-state index contributed by atoms with van der Waals surface area (Å²) in [5.74, 6) is 0.885. The number of amides is 1. The molecule has 0 spiro atoms. The second-order valence-corrected chi connectivity index (χ2v) is 5.46. The van der Waals surface area contributed by atoms with Crippen LogP contribution < -0.4 is 0 Å². The van der Waals surface area contributed by atoms with Crippen molar-refractivity contribution in [2.45, 2.75) is 39.7 Å². The molecule has 2 rings (SSSR count). The van der Waals surface area contributed by atoms with Gasteiger partial charge in [-0.15, -0.1) is 0 Å². The van der Waals surface area contributed by atoms with Crippen molar-refractivity contribution >= 4 is 16.9 Å². The number of aliphatic hydroxyl groups excluding tert-OH is 1. The zero-order valence-corrected chi connectivity index (χ0v) is 13.5. The number of carbonyl (C=O) groups excluding carboxylic acids is 1. The van der Waals surface area contributed by atoms with E-state index in [-0.39, 0.29) is 19.1 Å². The lowest BCUT2D eigenvalue weighted by Gasteiger charge is -2.22. The Balaban J connectivity index is 2.28. The molecule has 1 aromatic heterocycles. The SMILES string of the molecule is CCCN(CCC)C(=O)Cn1c(CCO)nc2ccccc21. The molecule has 120 valence electrons. The van der Waals surface area contributed by atoms with Crippen LogP contribution in [0.4, 0.5) is 0 Å². The van der Waals surface area contributed by atoms with E-state index >= 15 is 0 Å². The smallest absolute Gasteiger partial charge is 0.242 e. The van der Waals surface area contributed by atoms with Gasteiger partial charge >= 0.3 is 0 Å². The summed E-state index contributed by atoms with van der Waals surface area (Å²) in [6.45, 7) is 6.06. The van der Waals surface area contributed by atoms with Gasteiger partial charge in [-0.25, -0.2) is 4.98 Å². The van der Waals surface area contributed by atoms with Gasteiger partial charge < -0.3 is 14.6 Å². The lowest BCUT2D eigenvalue weighted by atomic mass is 10.3. The number of aromatic nitrogens is 2. The molecule has 0 fully saturated rings. The Kier molecular flexibility index (Phi) is 5.95. The number of imidazole rings is 1. The van der Waals surface area contributed by atoms with E-state index in [0.717, 1.165) is 42.8 Å². The molecular formula is C17H25N3O2. The number of hydrogen-bond acceptors (Lipinski definition) is 3. The molecule has 0 atom stereocenters. The van der Waals surface area contributed by atoms with Crippen molar-refractivity contribution in [3.63, 3.8) is 0 Å². The fourth-order valence-corrected chi connectivity index (χ4v) is 2.73. The maximum atomic E-state index is 12.6. The van der Waals surface area contributed by atoms with E-state index < -0.39 is 0 Å². The highest BCUT2D eigenvalue weighted by Gasteiger charge is 2.17. The minimum atomic E-state index is 0.0329. The highest BCUT2D eigenvalue weighted by Crippen LogP contribution is 2.17. The Bertz CT molecular complexity index is 615. The monoisotopic (exact) mass is 303 g/mol. The third kappa shape index (κ3) is 3.65. The van der Waals surface area contributed by atoms with Gasteiger partial charge in [0.2, 0.25) is 5.91 Å². The van der Waals surface area contributed by atoms with Crippen molar-refractivity contribution in [1.82, 2.24) is 14.5 Å². The molecule has 1 N–H and O–H groups in total. The van der Waals surface area contributed by atoms with Crippen LogP contribution in [-0.4, -0.2) is 45.2 Å². The van der Waals surface area contributed by atoms with Gasteiger partial charge in [-0.2, -0.15) is 0 Å². The van der Waals surface area contributed by atoms with Crippen LogP contribution in [0.15, 0.2) is 24.3 Å². The number of hydrogen-bond donors (Lipinski definition) is 1. The summed E-state index contributed by atoms with van der Waals surface area (Å²) in [6.07, 6.45) is 2.38. The first-order valence-electron chi connectivity index (χ1n) is 8.04. The van der Waals surface area contributed by atoms with Crippen LogP contribution in [0.1, 0.15) is 32.5 Å². The van der Waals surface area contributed by atoms with E-state index in [1.165, 1.54) is 0 Å². The summed E-state index contributed by atoms with van der Waals surface area (Å²) in [5, 5.41) is 9.23. The number of para-hydroxylation sites is 2. The third-order valence-electron chi connectivity index (χ3n) is 3.70. The highest BCUT2D eigenvalue weighted by atomic mass is 16.3. The van der Waals surface area contributed by atoms with Gasteiger partial charge in [-0.3, -0.25) is 4.79 Å². The van der Waals surface area contributed by atoms with Crippen molar-refractivity contribution in [3.8, 4) is 0 Å². The van der Waals surface area contributed by atoms with E-state index in [1.54, 1.807) is 0 Å². The van der Waals surface area contributed by atoms with Crippen LogP contribution in [0.2, 0.25) is 0 Å². The maximum Gasteiger partial charge on any atom is 0.242 e. The summed E-state index contributed by atoms with van der Waals surface area (Å²) in [6, 6.07) is 7.79. The average molecular weight is 303 g/mol. The summed E-state index contributed by atoms with van der Waals surface area (Å²) >= 11 is 0. The van der Waals surface area contributed by atoms with Crippen LogP contribution in [-0.2, 0) is 17.8 Å². The van der Waals surface area contributed by atoms with Crippen molar-refractivity contribution < 1.29 is 9.90 Å². The molecule has 22 heavy (non-hydrogen) atoms. The Morgan fingerprint density at radius 3 is 2.55 bits per heavy atom. The van der Waals surface area contributed by atoms with Gasteiger partial charge in [-0.05, 0) is 25.0 Å². The quantitative estimate of drug-likeness (QED) is 0.813. The number of carbonyl (C=O) groups is 1. The number of aliphatic hydroxyl groups is 1. The van der Waals surface area contributed by atoms with E-state index in [9.17, 15) is 9.90 Å². The molecule has 0 aliphatic carbocycles. The van der Waals surface area contributed by atoms with E-state index in [1.807, 2.05) is 33.7 Å². The van der Waals surface area contributed by atoms with Crippen LogP contribution in [0, 0.1) is 0 Å². The Morgan fingerprint density at radius 2 is 1.91 bits per heavy atom. The standard InChI is InChI=1S/C17H25N3O2/c1-3-10-19(11-4-2)17(22)13-20-15-8-6-5-7-14(15)18-16(20)9-12-21/h5-8,21H,3-4,9-13H2,1-2H3. The van der Waals surface area contributed by atoms with Gasteiger partial charge in [0, 0.05) is 19.5 Å². The number of nitrogens with zero attached hydrogens (tertiary/aromatic N) is 3. The molecule has 5 nitrogen and oxygen atoms in total. The second kappa shape index (κ2) is 7.94. The fraction of sp³-hybridized carbons (Fsp3) is 0.529. The Hall–Kier alpha value is -1.88. The van der Waals surface area contributed by atoms with E-state index in [0.29, 0.717) is 6.42 Å². The van der Waals surface area contributed by atoms with E-state index in [2.05, 4.69) is 18.8 Å². The molecule has 0 saturated heterocycles. The van der Waals surface area contributed by atoms with E-state index in [4.69, 9.17) is 0 Å². The Labute approximate surface area is 131 Å². The van der Waals surface area contributed by atoms with Gasteiger partial charge in [0.1, 0.15) is 12.4 Å². The highest BCUT2D eigenvalue weighted by molar-refractivity contribution is 5.81. The predicted molar refractivity (Wildman–Crippen MR) is 87.7 cm³/mol. The molecule has 1 amide bonds. The zero-order valence-electron chi connectivity index (χ0n) is 13.5. The molecule has 0 aliphatic rings. The molecule has 1 heterocycles. The molecule has 0 unspecified atom stereocenters. The van der Waals surface area contributed by atoms with Crippen LogP contribution >= 0.6 is 0 Å². The molecule has 1 aromatic carbocycles. The topological polar surface area (TPSA) is 58.4 Å². The van der Waals surface area contributed by atoms with Crippen molar-refractivity contribution in [3.05, 3.63) is 30.1 Å². The maximum absolute atomic E-state index is 12.6. The first-order valence-corrected chi connectivity index (χ1v) is 8.04.